The fourth-order valence-corrected chi connectivity index (χ4v) is 1.78. The van der Waals surface area contributed by atoms with Crippen molar-refractivity contribution in [2.24, 2.45) is 0 Å². The number of hydrogen-bond donors (Lipinski definition) is 2. The Balaban J connectivity index is 1.63. The molecular formula is C13H16N2O3. The molecule has 2 rings (SSSR count). The molecule has 1 heterocycles. The van der Waals surface area contributed by atoms with E-state index in [9.17, 15) is 9.59 Å². The molecule has 2 N–H and O–H groups in total. The maximum Gasteiger partial charge on any atom is 0.306 e. The Morgan fingerprint density at radius 3 is 2.78 bits per heavy atom. The molecule has 1 aromatic carbocycles. The van der Waals surface area contributed by atoms with Gasteiger partial charge in [-0.25, -0.2) is 0 Å². The van der Waals surface area contributed by atoms with Crippen LogP contribution in [0.3, 0.4) is 0 Å². The van der Waals surface area contributed by atoms with Crippen LogP contribution in [-0.4, -0.2) is 24.6 Å². The van der Waals surface area contributed by atoms with E-state index < -0.39 is 6.10 Å². The second kappa shape index (κ2) is 6.16. The number of hydrogen-bond acceptors (Lipinski definition) is 4. The van der Waals surface area contributed by atoms with Crippen molar-refractivity contribution in [3.63, 3.8) is 0 Å². The molecule has 1 fully saturated rings. The fourth-order valence-electron chi connectivity index (χ4n) is 1.78. The summed E-state index contributed by atoms with van der Waals surface area (Å²) in [5, 5.41) is 5.78. The molecule has 0 aliphatic carbocycles. The quantitative estimate of drug-likeness (QED) is 0.454. The van der Waals surface area contributed by atoms with Gasteiger partial charge in [0, 0.05) is 19.4 Å². The molecule has 1 amide bonds. The highest BCUT2D eigenvalue weighted by atomic mass is 16.6. The first-order chi connectivity index (χ1) is 8.75. The molecule has 0 saturated carbocycles. The summed E-state index contributed by atoms with van der Waals surface area (Å²) in [7, 11) is 0. The van der Waals surface area contributed by atoms with E-state index in [1.54, 1.807) is 0 Å². The Bertz CT molecular complexity index is 420. The van der Waals surface area contributed by atoms with Crippen molar-refractivity contribution in [1.82, 2.24) is 10.6 Å². The lowest BCUT2D eigenvalue weighted by molar-refractivity contribution is -0.148. The Morgan fingerprint density at radius 1 is 1.33 bits per heavy atom. The lowest BCUT2D eigenvalue weighted by Gasteiger charge is -2.10. The average molecular weight is 248 g/mol. The fraction of sp³-hybridized carbons (Fsp3) is 0.385. The van der Waals surface area contributed by atoms with Crippen LogP contribution >= 0.6 is 0 Å². The van der Waals surface area contributed by atoms with E-state index in [4.69, 9.17) is 4.74 Å². The van der Waals surface area contributed by atoms with E-state index in [1.807, 2.05) is 30.3 Å². The van der Waals surface area contributed by atoms with E-state index >= 15 is 0 Å². The van der Waals surface area contributed by atoms with E-state index in [0.717, 1.165) is 5.56 Å². The van der Waals surface area contributed by atoms with Crippen molar-refractivity contribution in [3.05, 3.63) is 35.9 Å². The number of amides is 1. The molecule has 0 radical (unpaired) electrons. The number of ether oxygens (including phenoxy) is 1. The van der Waals surface area contributed by atoms with Gasteiger partial charge in [-0.3, -0.25) is 14.9 Å². The van der Waals surface area contributed by atoms with E-state index in [2.05, 4.69) is 10.6 Å². The molecule has 1 aromatic rings. The highest BCUT2D eigenvalue weighted by Crippen LogP contribution is 2.13. The number of carbonyl (C=O) groups is 2. The summed E-state index contributed by atoms with van der Waals surface area (Å²) in [4.78, 5) is 22.4. The maximum absolute atomic E-state index is 11.6. The smallest absolute Gasteiger partial charge is 0.306 e. The zero-order valence-corrected chi connectivity index (χ0v) is 10.0. The van der Waals surface area contributed by atoms with Crippen molar-refractivity contribution in [1.29, 1.82) is 0 Å². The summed E-state index contributed by atoms with van der Waals surface area (Å²) < 4.78 is 4.86. The Labute approximate surface area is 106 Å². The van der Waals surface area contributed by atoms with Crippen LogP contribution in [0.4, 0.5) is 0 Å². The van der Waals surface area contributed by atoms with Gasteiger partial charge in [0.2, 0.25) is 0 Å². The number of carbonyl (C=O) groups excluding carboxylic acids is 2. The second-order valence-corrected chi connectivity index (χ2v) is 4.15. The number of nitrogens with one attached hydrogen (secondary N) is 2. The number of benzene rings is 1. The molecule has 0 bridgehead atoms. The normalized spacial score (nSPS) is 18.4. The SMILES string of the molecule is O=C1CCC(C(=O)NCNCc2ccccc2)O1. The van der Waals surface area contributed by atoms with Crippen LogP contribution in [0.25, 0.3) is 0 Å². The summed E-state index contributed by atoms with van der Waals surface area (Å²) in [5.41, 5.74) is 1.15. The Hall–Kier alpha value is -1.88. The molecule has 1 aliphatic heterocycles. The van der Waals surface area contributed by atoms with Gasteiger partial charge in [-0.2, -0.15) is 0 Å². The minimum atomic E-state index is -0.615. The predicted molar refractivity (Wildman–Crippen MR) is 65.4 cm³/mol. The van der Waals surface area contributed by atoms with Crippen molar-refractivity contribution in [2.75, 3.05) is 6.67 Å². The number of cyclic esters (lactones) is 1. The monoisotopic (exact) mass is 248 g/mol. The number of rotatable bonds is 5. The molecule has 1 saturated heterocycles. The van der Waals surface area contributed by atoms with Gasteiger partial charge < -0.3 is 10.1 Å². The molecule has 1 aliphatic rings. The standard InChI is InChI=1S/C13H16N2O3/c16-12-7-6-11(18-12)13(17)15-9-14-8-10-4-2-1-3-5-10/h1-5,11,14H,6-9H2,(H,15,17). The topological polar surface area (TPSA) is 67.4 Å². The number of esters is 1. The molecular weight excluding hydrogens is 232 g/mol. The lowest BCUT2D eigenvalue weighted by atomic mass is 10.2. The highest BCUT2D eigenvalue weighted by molar-refractivity contribution is 5.86. The van der Waals surface area contributed by atoms with E-state index in [1.165, 1.54) is 0 Å². The molecule has 18 heavy (non-hydrogen) atoms. The third kappa shape index (κ3) is 3.56. The van der Waals surface area contributed by atoms with Gasteiger partial charge in [0.05, 0.1) is 6.67 Å². The Kier molecular flexibility index (Phi) is 4.30. The zero-order chi connectivity index (χ0) is 12.8. The first kappa shape index (κ1) is 12.6. The van der Waals surface area contributed by atoms with Crippen molar-refractivity contribution in [2.45, 2.75) is 25.5 Å². The van der Waals surface area contributed by atoms with Crippen molar-refractivity contribution >= 4 is 11.9 Å². The molecule has 96 valence electrons. The summed E-state index contributed by atoms with van der Waals surface area (Å²) >= 11 is 0. The molecule has 5 heteroatoms. The van der Waals surface area contributed by atoms with E-state index in [-0.39, 0.29) is 11.9 Å². The maximum atomic E-state index is 11.6. The minimum absolute atomic E-state index is 0.235. The van der Waals surface area contributed by atoms with Crippen molar-refractivity contribution < 1.29 is 14.3 Å². The average Bonchev–Trinajstić information content (AvgIpc) is 2.82. The second-order valence-electron chi connectivity index (χ2n) is 4.15. The van der Waals surface area contributed by atoms with Gasteiger partial charge in [0.1, 0.15) is 0 Å². The van der Waals surface area contributed by atoms with Crippen LogP contribution < -0.4 is 10.6 Å². The van der Waals surface area contributed by atoms with Crippen LogP contribution in [0.15, 0.2) is 30.3 Å². The first-order valence-corrected chi connectivity index (χ1v) is 5.97. The van der Waals surface area contributed by atoms with Gasteiger partial charge in [-0.15, -0.1) is 0 Å². The predicted octanol–water partition coefficient (Wildman–Crippen LogP) is 0.556. The van der Waals surface area contributed by atoms with Gasteiger partial charge in [0.15, 0.2) is 6.10 Å². The lowest BCUT2D eigenvalue weighted by Crippen LogP contribution is -2.39. The van der Waals surface area contributed by atoms with Gasteiger partial charge >= 0.3 is 5.97 Å². The van der Waals surface area contributed by atoms with Crippen LogP contribution in [0, 0.1) is 0 Å². The minimum Gasteiger partial charge on any atom is -0.452 e. The molecule has 1 atom stereocenters. The van der Waals surface area contributed by atoms with Crippen LogP contribution in [-0.2, 0) is 20.9 Å². The largest absolute Gasteiger partial charge is 0.452 e. The van der Waals surface area contributed by atoms with Crippen LogP contribution in [0.5, 0.6) is 0 Å². The van der Waals surface area contributed by atoms with Crippen LogP contribution in [0.2, 0.25) is 0 Å². The van der Waals surface area contributed by atoms with Gasteiger partial charge in [-0.1, -0.05) is 30.3 Å². The molecule has 5 nitrogen and oxygen atoms in total. The third-order valence-corrected chi connectivity index (χ3v) is 2.74. The van der Waals surface area contributed by atoms with Gasteiger partial charge in [-0.05, 0) is 5.56 Å². The zero-order valence-electron chi connectivity index (χ0n) is 10.0. The summed E-state index contributed by atoms with van der Waals surface area (Å²) in [5.74, 6) is -0.534. The van der Waals surface area contributed by atoms with Crippen LogP contribution in [0.1, 0.15) is 18.4 Å². The first-order valence-electron chi connectivity index (χ1n) is 5.97. The van der Waals surface area contributed by atoms with Gasteiger partial charge in [0.25, 0.3) is 5.91 Å². The summed E-state index contributed by atoms with van der Waals surface area (Å²) in [6.45, 7) is 1.05. The molecule has 1 unspecified atom stereocenters. The summed E-state index contributed by atoms with van der Waals surface area (Å²) in [6.07, 6.45) is 0.190. The molecule has 0 aromatic heterocycles. The Morgan fingerprint density at radius 2 is 2.11 bits per heavy atom. The summed E-state index contributed by atoms with van der Waals surface area (Å²) in [6, 6.07) is 9.90. The third-order valence-electron chi connectivity index (χ3n) is 2.74. The molecule has 0 spiro atoms. The van der Waals surface area contributed by atoms with Crippen molar-refractivity contribution in [3.8, 4) is 0 Å². The van der Waals surface area contributed by atoms with E-state index in [0.29, 0.717) is 26.1 Å². The highest BCUT2D eigenvalue weighted by Gasteiger charge is 2.29.